The Kier molecular flexibility index (Phi) is 4.12. The maximum atomic E-state index is 13.5. The van der Waals surface area contributed by atoms with Gasteiger partial charge in [0.1, 0.15) is 5.82 Å². The van der Waals surface area contributed by atoms with E-state index in [9.17, 15) is 19.1 Å². The number of carbonyl (C=O) groups excluding carboxylic acids is 2. The summed E-state index contributed by atoms with van der Waals surface area (Å²) in [6.07, 6.45) is 0.925. The van der Waals surface area contributed by atoms with Crippen LogP contribution in [0.15, 0.2) is 71.3 Å². The molecule has 1 aliphatic rings. The zero-order chi connectivity index (χ0) is 19.0. The second-order valence-electron chi connectivity index (χ2n) is 6.48. The van der Waals surface area contributed by atoms with Crippen LogP contribution in [0.2, 0.25) is 0 Å². The molecule has 2 aromatic carbocycles. The molecule has 0 saturated heterocycles. The van der Waals surface area contributed by atoms with Crippen LogP contribution in [0.4, 0.5) is 10.1 Å². The number of hydrogen-bond acceptors (Lipinski definition) is 4. The van der Waals surface area contributed by atoms with E-state index in [2.05, 4.69) is 0 Å². The fraction of sp³-hybridized carbons (Fsp3) is 0.143. The second kappa shape index (κ2) is 6.48. The van der Waals surface area contributed by atoms with Crippen molar-refractivity contribution in [1.29, 1.82) is 0 Å². The van der Waals surface area contributed by atoms with Gasteiger partial charge in [-0.2, -0.15) is 0 Å². The van der Waals surface area contributed by atoms with Crippen molar-refractivity contribution in [2.75, 3.05) is 4.90 Å². The van der Waals surface area contributed by atoms with Gasteiger partial charge in [0.15, 0.2) is 11.4 Å². The SMILES string of the molecule is O=C(CC1(O)C(=O)N(Cc2cccc(F)c2)c2ccccc21)c1ccco1. The van der Waals surface area contributed by atoms with Crippen molar-refractivity contribution >= 4 is 17.4 Å². The van der Waals surface area contributed by atoms with Gasteiger partial charge >= 0.3 is 0 Å². The van der Waals surface area contributed by atoms with E-state index in [1.165, 1.54) is 29.4 Å². The summed E-state index contributed by atoms with van der Waals surface area (Å²) in [5.74, 6) is -1.42. The molecular formula is C21H16FNO4. The first-order valence-electron chi connectivity index (χ1n) is 8.44. The van der Waals surface area contributed by atoms with E-state index in [-0.39, 0.29) is 12.3 Å². The highest BCUT2D eigenvalue weighted by atomic mass is 19.1. The van der Waals surface area contributed by atoms with E-state index in [1.54, 1.807) is 42.5 Å². The molecule has 1 atom stereocenters. The predicted molar refractivity (Wildman–Crippen MR) is 95.6 cm³/mol. The average molecular weight is 365 g/mol. The summed E-state index contributed by atoms with van der Waals surface area (Å²) < 4.78 is 18.6. The van der Waals surface area contributed by atoms with Crippen LogP contribution < -0.4 is 4.90 Å². The number of fused-ring (bicyclic) bond motifs is 1. The lowest BCUT2D eigenvalue weighted by molar-refractivity contribution is -0.136. The summed E-state index contributed by atoms with van der Waals surface area (Å²) in [4.78, 5) is 26.9. The number of hydrogen-bond donors (Lipinski definition) is 1. The number of ketones is 1. The van der Waals surface area contributed by atoms with Crippen LogP contribution in [-0.2, 0) is 16.9 Å². The molecule has 0 radical (unpaired) electrons. The van der Waals surface area contributed by atoms with Crippen molar-refractivity contribution in [2.45, 2.75) is 18.6 Å². The molecule has 0 fully saturated rings. The fourth-order valence-electron chi connectivity index (χ4n) is 3.41. The highest BCUT2D eigenvalue weighted by molar-refractivity contribution is 6.10. The Morgan fingerprint density at radius 1 is 1.11 bits per heavy atom. The number of carbonyl (C=O) groups is 2. The molecule has 0 spiro atoms. The number of benzene rings is 2. The molecule has 5 nitrogen and oxygen atoms in total. The van der Waals surface area contributed by atoms with Gasteiger partial charge in [0.05, 0.1) is 24.9 Å². The van der Waals surface area contributed by atoms with Crippen LogP contribution in [0, 0.1) is 5.82 Å². The molecule has 1 amide bonds. The number of anilines is 1. The molecule has 1 aromatic heterocycles. The van der Waals surface area contributed by atoms with Crippen molar-refractivity contribution in [1.82, 2.24) is 0 Å². The third-order valence-electron chi connectivity index (χ3n) is 4.68. The summed E-state index contributed by atoms with van der Waals surface area (Å²) in [5, 5.41) is 11.2. The Morgan fingerprint density at radius 3 is 2.67 bits per heavy atom. The Bertz CT molecular complexity index is 1010. The Balaban J connectivity index is 1.69. The molecule has 3 aromatic rings. The van der Waals surface area contributed by atoms with Gasteiger partial charge in [-0.25, -0.2) is 4.39 Å². The maximum absolute atomic E-state index is 13.5. The molecule has 6 heteroatoms. The Hall–Kier alpha value is -3.25. The first-order chi connectivity index (χ1) is 13.0. The van der Waals surface area contributed by atoms with E-state index in [0.717, 1.165) is 0 Å². The molecule has 0 bridgehead atoms. The number of halogens is 1. The minimum atomic E-state index is -1.99. The first-order valence-corrected chi connectivity index (χ1v) is 8.44. The van der Waals surface area contributed by atoms with Gasteiger partial charge in [0.2, 0.25) is 5.78 Å². The molecule has 1 N–H and O–H groups in total. The molecule has 0 aliphatic carbocycles. The van der Waals surface area contributed by atoms with Gasteiger partial charge in [-0.05, 0) is 35.9 Å². The minimum absolute atomic E-state index is 0.0808. The van der Waals surface area contributed by atoms with Gasteiger partial charge in [-0.1, -0.05) is 30.3 Å². The van der Waals surface area contributed by atoms with Gasteiger partial charge in [-0.15, -0.1) is 0 Å². The summed E-state index contributed by atoms with van der Waals surface area (Å²) in [6, 6.07) is 15.7. The smallest absolute Gasteiger partial charge is 0.264 e. The summed E-state index contributed by atoms with van der Waals surface area (Å²) in [6.45, 7) is 0.0882. The van der Waals surface area contributed by atoms with E-state index in [1.807, 2.05) is 0 Å². The molecular weight excluding hydrogens is 349 g/mol. The molecule has 1 unspecified atom stereocenters. The van der Waals surface area contributed by atoms with Crippen LogP contribution >= 0.6 is 0 Å². The zero-order valence-electron chi connectivity index (χ0n) is 14.3. The largest absolute Gasteiger partial charge is 0.461 e. The van der Waals surface area contributed by atoms with Gasteiger partial charge in [0, 0.05) is 5.56 Å². The van der Waals surface area contributed by atoms with E-state index in [0.29, 0.717) is 16.8 Å². The van der Waals surface area contributed by atoms with Gasteiger partial charge in [0.25, 0.3) is 5.91 Å². The first kappa shape index (κ1) is 17.2. The van der Waals surface area contributed by atoms with Crippen molar-refractivity contribution in [3.63, 3.8) is 0 Å². The topological polar surface area (TPSA) is 70.8 Å². The fourth-order valence-corrected chi connectivity index (χ4v) is 3.41. The summed E-state index contributed by atoms with van der Waals surface area (Å²) in [5.41, 5.74) is -0.555. The van der Waals surface area contributed by atoms with Crippen LogP contribution in [0.5, 0.6) is 0 Å². The van der Waals surface area contributed by atoms with Gasteiger partial charge < -0.3 is 14.4 Å². The second-order valence-corrected chi connectivity index (χ2v) is 6.48. The molecule has 0 saturated carbocycles. The molecule has 27 heavy (non-hydrogen) atoms. The number of aliphatic hydroxyl groups is 1. The maximum Gasteiger partial charge on any atom is 0.264 e. The van der Waals surface area contributed by atoms with E-state index in [4.69, 9.17) is 4.42 Å². The third-order valence-corrected chi connectivity index (χ3v) is 4.68. The van der Waals surface area contributed by atoms with Crippen molar-refractivity contribution in [3.05, 3.63) is 89.6 Å². The molecule has 1 aliphatic heterocycles. The monoisotopic (exact) mass is 365 g/mol. The summed E-state index contributed by atoms with van der Waals surface area (Å²) >= 11 is 0. The van der Waals surface area contributed by atoms with Crippen LogP contribution in [0.1, 0.15) is 28.1 Å². The standard InChI is InChI=1S/C21H16FNO4/c22-15-6-3-5-14(11-15)13-23-17-8-2-1-7-16(17)21(26,20(23)25)12-18(24)19-9-4-10-27-19/h1-11,26H,12-13H2. The van der Waals surface area contributed by atoms with Gasteiger partial charge in [-0.3, -0.25) is 9.59 Å². The normalized spacial score (nSPS) is 18.6. The van der Waals surface area contributed by atoms with Crippen molar-refractivity contribution in [3.8, 4) is 0 Å². The number of amides is 1. The highest BCUT2D eigenvalue weighted by Gasteiger charge is 2.51. The number of furan rings is 1. The molecule has 2 heterocycles. The Morgan fingerprint density at radius 2 is 1.93 bits per heavy atom. The lowest BCUT2D eigenvalue weighted by Crippen LogP contribution is -2.41. The molecule has 4 rings (SSSR count). The summed E-state index contributed by atoms with van der Waals surface area (Å²) in [7, 11) is 0. The van der Waals surface area contributed by atoms with Crippen molar-refractivity contribution < 1.29 is 23.5 Å². The predicted octanol–water partition coefficient (Wildman–Crippen LogP) is 3.43. The lowest BCUT2D eigenvalue weighted by atomic mass is 9.89. The zero-order valence-corrected chi connectivity index (χ0v) is 14.3. The van der Waals surface area contributed by atoms with Crippen molar-refractivity contribution in [2.24, 2.45) is 0 Å². The third kappa shape index (κ3) is 2.94. The van der Waals surface area contributed by atoms with Crippen LogP contribution in [0.3, 0.4) is 0 Å². The number of para-hydroxylation sites is 1. The van der Waals surface area contributed by atoms with E-state index >= 15 is 0 Å². The number of nitrogens with zero attached hydrogens (tertiary/aromatic N) is 1. The highest BCUT2D eigenvalue weighted by Crippen LogP contribution is 2.43. The molecule has 136 valence electrons. The minimum Gasteiger partial charge on any atom is -0.461 e. The van der Waals surface area contributed by atoms with Crippen LogP contribution in [-0.4, -0.2) is 16.8 Å². The number of rotatable bonds is 5. The average Bonchev–Trinajstić information content (AvgIpc) is 3.26. The van der Waals surface area contributed by atoms with Crippen LogP contribution in [0.25, 0.3) is 0 Å². The quantitative estimate of drug-likeness (QED) is 0.704. The lowest BCUT2D eigenvalue weighted by Gasteiger charge is -2.22. The Labute approximate surface area is 154 Å². The number of Topliss-reactive ketones (excluding diaryl/α,β-unsaturated/α-hetero) is 1. The van der Waals surface area contributed by atoms with E-state index < -0.39 is 29.5 Å².